The molecule has 0 saturated carbocycles. The van der Waals surface area contributed by atoms with Gasteiger partial charge in [0.05, 0.1) is 23.7 Å². The maximum atomic E-state index is 12.3. The third-order valence-electron chi connectivity index (χ3n) is 3.88. The molecular weight excluding hydrogens is 284 g/mol. The van der Waals surface area contributed by atoms with Crippen molar-refractivity contribution in [3.8, 4) is 5.75 Å². The van der Waals surface area contributed by atoms with E-state index in [0.29, 0.717) is 24.6 Å². The van der Waals surface area contributed by atoms with Crippen LogP contribution in [0.2, 0.25) is 0 Å². The third kappa shape index (κ3) is 3.73. The molecule has 2 N–H and O–H groups in total. The second-order valence-electron chi connectivity index (χ2n) is 5.96. The predicted molar refractivity (Wildman–Crippen MR) is 88.7 cm³/mol. The minimum absolute atomic E-state index is 0.105. The van der Waals surface area contributed by atoms with Crippen molar-refractivity contribution in [1.82, 2.24) is 0 Å². The molecule has 4 nitrogen and oxygen atoms in total. The Morgan fingerprint density at radius 2 is 2.14 bits per heavy atom. The number of anilines is 1. The van der Waals surface area contributed by atoms with Gasteiger partial charge in [0.15, 0.2) is 0 Å². The molecule has 1 aromatic carbocycles. The summed E-state index contributed by atoms with van der Waals surface area (Å²) in [4.78, 5) is 14.6. The number of nitrogens with zero attached hydrogens (tertiary/aromatic N) is 1. The number of thiocarbonyl (C=S) groups is 1. The molecule has 0 bridgehead atoms. The van der Waals surface area contributed by atoms with Gasteiger partial charge in [0.2, 0.25) is 5.91 Å². The average molecular weight is 306 g/mol. The Morgan fingerprint density at radius 3 is 2.86 bits per heavy atom. The first-order valence-corrected chi connectivity index (χ1v) is 7.65. The molecule has 1 aliphatic heterocycles. The maximum Gasteiger partial charge on any atom is 0.230 e. The molecule has 1 aromatic rings. The van der Waals surface area contributed by atoms with Crippen molar-refractivity contribution in [2.24, 2.45) is 11.1 Å². The highest BCUT2D eigenvalue weighted by Crippen LogP contribution is 2.32. The van der Waals surface area contributed by atoms with Crippen molar-refractivity contribution in [2.75, 3.05) is 18.1 Å². The monoisotopic (exact) mass is 306 g/mol. The van der Waals surface area contributed by atoms with E-state index >= 15 is 0 Å². The lowest BCUT2D eigenvalue weighted by Crippen LogP contribution is -2.34. The molecule has 0 radical (unpaired) electrons. The van der Waals surface area contributed by atoms with Gasteiger partial charge in [-0.2, -0.15) is 0 Å². The van der Waals surface area contributed by atoms with Crippen LogP contribution in [0.3, 0.4) is 0 Å². The molecule has 0 saturated heterocycles. The van der Waals surface area contributed by atoms with E-state index in [4.69, 9.17) is 22.7 Å². The number of rotatable bonds is 5. The van der Waals surface area contributed by atoms with E-state index in [1.807, 2.05) is 43.0 Å². The molecule has 0 aromatic heterocycles. The number of ether oxygens (including phenoxy) is 1. The van der Waals surface area contributed by atoms with Crippen molar-refractivity contribution < 1.29 is 9.53 Å². The number of benzene rings is 1. The zero-order chi connectivity index (χ0) is 15.5. The number of para-hydroxylation sites is 2. The number of nitrogens with two attached hydrogens (primary N) is 1. The number of amides is 1. The fourth-order valence-electron chi connectivity index (χ4n) is 2.37. The van der Waals surface area contributed by atoms with Crippen LogP contribution in [0.1, 0.15) is 33.1 Å². The SMILES string of the molecule is CC(C)(CCCN1C(=O)CCOc2ccccc21)C(N)=S. The Hall–Kier alpha value is -1.62. The van der Waals surface area contributed by atoms with Crippen LogP contribution >= 0.6 is 12.2 Å². The first kappa shape index (κ1) is 15.8. The summed E-state index contributed by atoms with van der Waals surface area (Å²) in [6.07, 6.45) is 2.12. The summed E-state index contributed by atoms with van der Waals surface area (Å²) in [6.45, 7) is 5.17. The van der Waals surface area contributed by atoms with E-state index in [1.165, 1.54) is 0 Å². The van der Waals surface area contributed by atoms with E-state index in [9.17, 15) is 4.79 Å². The largest absolute Gasteiger partial charge is 0.491 e. The fourth-order valence-corrected chi connectivity index (χ4v) is 2.47. The number of fused-ring (bicyclic) bond motifs is 1. The maximum absolute atomic E-state index is 12.3. The van der Waals surface area contributed by atoms with Gasteiger partial charge >= 0.3 is 0 Å². The van der Waals surface area contributed by atoms with Crippen molar-refractivity contribution in [3.05, 3.63) is 24.3 Å². The van der Waals surface area contributed by atoms with E-state index in [0.717, 1.165) is 24.3 Å². The molecule has 0 spiro atoms. The van der Waals surface area contributed by atoms with E-state index < -0.39 is 0 Å². The smallest absolute Gasteiger partial charge is 0.230 e. The Kier molecular flexibility index (Phi) is 4.83. The number of hydrogen-bond donors (Lipinski definition) is 1. The summed E-state index contributed by atoms with van der Waals surface area (Å²) in [5.74, 6) is 0.880. The van der Waals surface area contributed by atoms with Gasteiger partial charge in [0.25, 0.3) is 0 Å². The van der Waals surface area contributed by atoms with Crippen molar-refractivity contribution >= 4 is 28.8 Å². The standard InChI is InChI=1S/C16H22N2O2S/c1-16(2,15(17)21)9-5-10-18-12-6-3-4-7-13(12)20-11-8-14(18)19/h3-4,6-7H,5,8-11H2,1-2H3,(H2,17,21). The van der Waals surface area contributed by atoms with Crippen LogP contribution in [0.15, 0.2) is 24.3 Å². The van der Waals surface area contributed by atoms with Crippen LogP contribution in [-0.4, -0.2) is 24.0 Å². The highest BCUT2D eigenvalue weighted by Gasteiger charge is 2.25. The van der Waals surface area contributed by atoms with Crippen LogP contribution in [0.4, 0.5) is 5.69 Å². The number of carbonyl (C=O) groups excluding carboxylic acids is 1. The zero-order valence-corrected chi connectivity index (χ0v) is 13.4. The van der Waals surface area contributed by atoms with Gasteiger partial charge in [-0.15, -0.1) is 0 Å². The second kappa shape index (κ2) is 6.43. The van der Waals surface area contributed by atoms with Gasteiger partial charge in [-0.1, -0.05) is 38.2 Å². The average Bonchev–Trinajstić information content (AvgIpc) is 2.58. The summed E-state index contributed by atoms with van der Waals surface area (Å²) in [6, 6.07) is 7.67. The molecular formula is C16H22N2O2S. The Balaban J connectivity index is 2.08. The zero-order valence-electron chi connectivity index (χ0n) is 12.6. The van der Waals surface area contributed by atoms with E-state index in [1.54, 1.807) is 0 Å². The quantitative estimate of drug-likeness (QED) is 0.850. The predicted octanol–water partition coefficient (Wildman–Crippen LogP) is 2.89. The summed E-state index contributed by atoms with van der Waals surface area (Å²) in [5.41, 5.74) is 6.42. The van der Waals surface area contributed by atoms with Crippen LogP contribution < -0.4 is 15.4 Å². The van der Waals surface area contributed by atoms with Gasteiger partial charge in [-0.05, 0) is 25.0 Å². The third-order valence-corrected chi connectivity index (χ3v) is 4.43. The molecule has 1 amide bonds. The highest BCUT2D eigenvalue weighted by molar-refractivity contribution is 7.80. The van der Waals surface area contributed by atoms with Crippen LogP contribution in [0, 0.1) is 5.41 Å². The Bertz CT molecular complexity index is 543. The van der Waals surface area contributed by atoms with Crippen LogP contribution in [0.25, 0.3) is 0 Å². The van der Waals surface area contributed by atoms with Gasteiger partial charge < -0.3 is 15.4 Å². The molecule has 21 heavy (non-hydrogen) atoms. The van der Waals surface area contributed by atoms with Crippen LogP contribution in [0.5, 0.6) is 5.75 Å². The van der Waals surface area contributed by atoms with Crippen molar-refractivity contribution in [1.29, 1.82) is 0 Å². The first-order valence-electron chi connectivity index (χ1n) is 7.24. The Morgan fingerprint density at radius 1 is 1.43 bits per heavy atom. The number of hydrogen-bond acceptors (Lipinski definition) is 3. The molecule has 1 aliphatic rings. The molecule has 0 unspecified atom stereocenters. The van der Waals surface area contributed by atoms with Crippen LogP contribution in [-0.2, 0) is 4.79 Å². The molecule has 5 heteroatoms. The van der Waals surface area contributed by atoms with Gasteiger partial charge in [-0.25, -0.2) is 0 Å². The van der Waals surface area contributed by atoms with E-state index in [-0.39, 0.29) is 11.3 Å². The second-order valence-corrected chi connectivity index (χ2v) is 6.40. The summed E-state index contributed by atoms with van der Waals surface area (Å²) in [5, 5.41) is 0. The fraction of sp³-hybridized carbons (Fsp3) is 0.500. The summed E-state index contributed by atoms with van der Waals surface area (Å²) < 4.78 is 5.63. The molecule has 0 fully saturated rings. The highest BCUT2D eigenvalue weighted by atomic mass is 32.1. The van der Waals surface area contributed by atoms with Crippen molar-refractivity contribution in [3.63, 3.8) is 0 Å². The molecule has 0 aliphatic carbocycles. The minimum atomic E-state index is -0.180. The normalized spacial score (nSPS) is 15.1. The van der Waals surface area contributed by atoms with E-state index in [2.05, 4.69) is 0 Å². The summed E-state index contributed by atoms with van der Waals surface area (Å²) in [7, 11) is 0. The first-order chi connectivity index (χ1) is 9.92. The molecule has 0 atom stereocenters. The van der Waals surface area contributed by atoms with Crippen molar-refractivity contribution in [2.45, 2.75) is 33.1 Å². The Labute approximate surface area is 131 Å². The molecule has 1 heterocycles. The summed E-state index contributed by atoms with van der Waals surface area (Å²) >= 11 is 5.09. The molecule has 114 valence electrons. The minimum Gasteiger partial charge on any atom is -0.491 e. The lowest BCUT2D eigenvalue weighted by molar-refractivity contribution is -0.118. The number of carbonyl (C=O) groups is 1. The molecule has 2 rings (SSSR count). The van der Waals surface area contributed by atoms with Gasteiger partial charge in [-0.3, -0.25) is 4.79 Å². The van der Waals surface area contributed by atoms with Gasteiger partial charge in [0.1, 0.15) is 5.75 Å². The van der Waals surface area contributed by atoms with Gasteiger partial charge in [0, 0.05) is 12.0 Å². The topological polar surface area (TPSA) is 55.6 Å². The lowest BCUT2D eigenvalue weighted by Gasteiger charge is -2.26. The lowest BCUT2D eigenvalue weighted by atomic mass is 9.88.